The van der Waals surface area contributed by atoms with E-state index >= 15 is 0 Å². The van der Waals surface area contributed by atoms with Gasteiger partial charge in [-0.1, -0.05) is 92.7 Å². The molecule has 0 aliphatic heterocycles. The Morgan fingerprint density at radius 2 is 1.33 bits per heavy atom. The van der Waals surface area contributed by atoms with Gasteiger partial charge in [-0.3, -0.25) is 0 Å². The summed E-state index contributed by atoms with van der Waals surface area (Å²) in [5.41, 5.74) is 6.18. The van der Waals surface area contributed by atoms with Crippen molar-refractivity contribution < 1.29 is 0 Å². The Balaban J connectivity index is 1.48. The summed E-state index contributed by atoms with van der Waals surface area (Å²) in [5.74, 6) is 0.479. The number of rotatable bonds is 4. The lowest BCUT2D eigenvalue weighted by Crippen LogP contribution is -1.90. The zero-order valence-corrected chi connectivity index (χ0v) is 19.6. The van der Waals surface area contributed by atoms with Gasteiger partial charge in [0, 0.05) is 21.2 Å². The lowest BCUT2D eigenvalue weighted by molar-refractivity contribution is 0.879. The molecule has 0 saturated heterocycles. The summed E-state index contributed by atoms with van der Waals surface area (Å²) in [6, 6.07) is 37.0. The molecule has 0 unspecified atom stereocenters. The molecule has 1 N–H and O–H groups in total. The van der Waals surface area contributed by atoms with Crippen molar-refractivity contribution in [1.82, 2.24) is 0 Å². The quantitative estimate of drug-likeness (QED) is 0.286. The van der Waals surface area contributed by atoms with Gasteiger partial charge in [-0.15, -0.1) is 11.3 Å². The van der Waals surface area contributed by atoms with Crippen molar-refractivity contribution in [3.05, 3.63) is 109 Å². The Kier molecular flexibility index (Phi) is 4.89. The topological polar surface area (TPSA) is 12.0 Å². The number of nitrogens with one attached hydrogen (secondary N) is 1. The Morgan fingerprint density at radius 3 is 2.12 bits per heavy atom. The van der Waals surface area contributed by atoms with E-state index in [-0.39, 0.29) is 0 Å². The van der Waals surface area contributed by atoms with Crippen LogP contribution in [0, 0.1) is 0 Å². The molecule has 0 aliphatic rings. The third-order valence-corrected chi connectivity index (χ3v) is 7.70. The minimum absolute atomic E-state index is 0.479. The second kappa shape index (κ2) is 8.06. The maximum Gasteiger partial charge on any atom is 0.0590 e. The first-order valence-electron chi connectivity index (χ1n) is 11.5. The van der Waals surface area contributed by atoms with Crippen LogP contribution in [0.3, 0.4) is 0 Å². The Bertz CT molecular complexity index is 1590. The highest BCUT2D eigenvalue weighted by molar-refractivity contribution is 7.26. The molecule has 6 aromatic rings. The van der Waals surface area contributed by atoms with Crippen molar-refractivity contribution in [2.45, 2.75) is 19.8 Å². The smallest absolute Gasteiger partial charge is 0.0590 e. The van der Waals surface area contributed by atoms with Crippen LogP contribution < -0.4 is 5.32 Å². The van der Waals surface area contributed by atoms with E-state index in [9.17, 15) is 0 Å². The van der Waals surface area contributed by atoms with Crippen LogP contribution in [0.2, 0.25) is 0 Å². The SMILES string of the molecule is CC(C)c1cc2ccccc2c2c1sc1c(Nc3ccc(-c4ccccc4)cc3)cccc12. The molecular weight excluding hydrogens is 418 g/mol. The molecule has 33 heavy (non-hydrogen) atoms. The van der Waals surface area contributed by atoms with Gasteiger partial charge < -0.3 is 5.32 Å². The molecule has 0 aliphatic carbocycles. The van der Waals surface area contributed by atoms with E-state index in [1.807, 2.05) is 11.3 Å². The van der Waals surface area contributed by atoms with E-state index in [1.54, 1.807) is 0 Å². The Hall–Kier alpha value is -3.62. The third kappa shape index (κ3) is 3.48. The first-order chi connectivity index (χ1) is 16.2. The monoisotopic (exact) mass is 443 g/mol. The van der Waals surface area contributed by atoms with Crippen LogP contribution in [0.4, 0.5) is 11.4 Å². The fourth-order valence-electron chi connectivity index (χ4n) is 4.73. The van der Waals surface area contributed by atoms with Crippen molar-refractivity contribution in [1.29, 1.82) is 0 Å². The van der Waals surface area contributed by atoms with Gasteiger partial charge in [0.2, 0.25) is 0 Å². The van der Waals surface area contributed by atoms with Crippen molar-refractivity contribution in [2.75, 3.05) is 5.32 Å². The molecule has 0 fully saturated rings. The fourth-order valence-corrected chi connectivity index (χ4v) is 6.18. The first kappa shape index (κ1) is 20.0. The molecule has 1 aromatic heterocycles. The van der Waals surface area contributed by atoms with Gasteiger partial charge in [-0.2, -0.15) is 0 Å². The van der Waals surface area contributed by atoms with Crippen LogP contribution in [0.25, 0.3) is 42.1 Å². The van der Waals surface area contributed by atoms with Gasteiger partial charge >= 0.3 is 0 Å². The van der Waals surface area contributed by atoms with E-state index in [0.29, 0.717) is 5.92 Å². The average Bonchev–Trinajstić information content (AvgIpc) is 3.25. The van der Waals surface area contributed by atoms with Crippen LogP contribution in [-0.2, 0) is 0 Å². The van der Waals surface area contributed by atoms with Gasteiger partial charge in [0.1, 0.15) is 0 Å². The first-order valence-corrected chi connectivity index (χ1v) is 12.3. The number of thiophene rings is 1. The largest absolute Gasteiger partial charge is 0.354 e. The average molecular weight is 444 g/mol. The minimum Gasteiger partial charge on any atom is -0.354 e. The zero-order valence-electron chi connectivity index (χ0n) is 18.8. The third-order valence-electron chi connectivity index (χ3n) is 6.41. The lowest BCUT2D eigenvalue weighted by atomic mass is 9.95. The Labute approximate surface area is 198 Å². The summed E-state index contributed by atoms with van der Waals surface area (Å²) in [4.78, 5) is 0. The number of benzene rings is 5. The molecule has 0 atom stereocenters. The van der Waals surface area contributed by atoms with Crippen molar-refractivity contribution in [2.24, 2.45) is 0 Å². The predicted octanol–water partition coefficient (Wildman–Crippen LogP) is 9.74. The molecule has 160 valence electrons. The zero-order chi connectivity index (χ0) is 22.4. The lowest BCUT2D eigenvalue weighted by Gasteiger charge is -2.10. The van der Waals surface area contributed by atoms with Gasteiger partial charge in [0.15, 0.2) is 0 Å². The molecular formula is C31H25NS. The molecule has 0 saturated carbocycles. The number of hydrogen-bond acceptors (Lipinski definition) is 2. The highest BCUT2D eigenvalue weighted by Gasteiger charge is 2.16. The van der Waals surface area contributed by atoms with Crippen LogP contribution in [0.5, 0.6) is 0 Å². The van der Waals surface area contributed by atoms with Gasteiger partial charge in [0.25, 0.3) is 0 Å². The fraction of sp³-hybridized carbons (Fsp3) is 0.0968. The molecule has 0 amide bonds. The molecule has 5 aromatic carbocycles. The second-order valence-electron chi connectivity index (χ2n) is 8.90. The maximum absolute atomic E-state index is 3.69. The maximum atomic E-state index is 3.69. The molecule has 6 rings (SSSR count). The molecule has 1 nitrogen and oxygen atoms in total. The minimum atomic E-state index is 0.479. The summed E-state index contributed by atoms with van der Waals surface area (Å²) >= 11 is 1.91. The summed E-state index contributed by atoms with van der Waals surface area (Å²) < 4.78 is 2.73. The molecule has 0 spiro atoms. The van der Waals surface area contributed by atoms with E-state index in [4.69, 9.17) is 0 Å². The van der Waals surface area contributed by atoms with E-state index in [2.05, 4.69) is 122 Å². The highest BCUT2D eigenvalue weighted by Crippen LogP contribution is 2.45. The van der Waals surface area contributed by atoms with E-state index in [1.165, 1.54) is 53.3 Å². The number of hydrogen-bond donors (Lipinski definition) is 1. The molecule has 2 heteroatoms. The summed E-state index contributed by atoms with van der Waals surface area (Å²) in [6.07, 6.45) is 0. The number of anilines is 2. The van der Waals surface area contributed by atoms with Crippen LogP contribution in [-0.4, -0.2) is 0 Å². The molecule has 0 radical (unpaired) electrons. The van der Waals surface area contributed by atoms with Gasteiger partial charge in [-0.25, -0.2) is 0 Å². The molecule has 1 heterocycles. The summed E-state index contributed by atoms with van der Waals surface area (Å²) in [5, 5.41) is 9.08. The summed E-state index contributed by atoms with van der Waals surface area (Å²) in [7, 11) is 0. The second-order valence-corrected chi connectivity index (χ2v) is 9.92. The van der Waals surface area contributed by atoms with Crippen LogP contribution >= 0.6 is 11.3 Å². The van der Waals surface area contributed by atoms with Crippen molar-refractivity contribution in [3.63, 3.8) is 0 Å². The van der Waals surface area contributed by atoms with Crippen LogP contribution in [0.1, 0.15) is 25.3 Å². The predicted molar refractivity (Wildman–Crippen MR) is 146 cm³/mol. The van der Waals surface area contributed by atoms with E-state index in [0.717, 1.165) is 5.69 Å². The normalized spacial score (nSPS) is 11.6. The summed E-state index contributed by atoms with van der Waals surface area (Å²) in [6.45, 7) is 4.59. The molecule has 0 bridgehead atoms. The highest BCUT2D eigenvalue weighted by atomic mass is 32.1. The van der Waals surface area contributed by atoms with Gasteiger partial charge in [0.05, 0.1) is 10.4 Å². The standard InChI is InChI=1S/C31H25NS/c1-20(2)27-19-23-11-6-7-12-25(23)29-26-13-8-14-28(30(26)33-31(27)29)32-24-17-15-22(16-18-24)21-9-4-3-5-10-21/h3-20,32H,1-2H3. The number of fused-ring (bicyclic) bond motifs is 5. The van der Waals surface area contributed by atoms with Crippen molar-refractivity contribution in [3.8, 4) is 11.1 Å². The van der Waals surface area contributed by atoms with E-state index < -0.39 is 0 Å². The Morgan fingerprint density at radius 1 is 0.636 bits per heavy atom. The van der Waals surface area contributed by atoms with Crippen molar-refractivity contribution >= 4 is 53.7 Å². The van der Waals surface area contributed by atoms with Crippen LogP contribution in [0.15, 0.2) is 103 Å². The van der Waals surface area contributed by atoms with Gasteiger partial charge in [-0.05, 0) is 57.6 Å².